The largest absolute Gasteiger partial charge is 0.444 e. The molecule has 27 heavy (non-hydrogen) atoms. The average molecular weight is 385 g/mol. The van der Waals surface area contributed by atoms with Crippen molar-refractivity contribution in [1.82, 2.24) is 4.90 Å². The number of likely N-dealkylation sites (tertiary alicyclic amines) is 1. The first-order chi connectivity index (χ1) is 13.2. The fourth-order valence-electron chi connectivity index (χ4n) is 3.82. The number of hydrogen-bond donors (Lipinski definition) is 0. The number of carbonyl (C=O) groups excluding carboxylic acids is 2. The van der Waals surface area contributed by atoms with Gasteiger partial charge in [-0.3, -0.25) is 9.69 Å². The monoisotopic (exact) mass is 384 g/mol. The highest BCUT2D eigenvalue weighted by atomic mass is 35.5. The molecule has 2 aliphatic heterocycles. The number of nitrogens with zero attached hydrogens (tertiary/aromatic N) is 2. The number of benzene rings is 2. The van der Waals surface area contributed by atoms with E-state index < -0.39 is 0 Å². The molecule has 2 aromatic carbocycles. The van der Waals surface area contributed by atoms with E-state index in [0.717, 1.165) is 29.7 Å². The fraction of sp³-hybridized carbons (Fsp3) is 0.333. The van der Waals surface area contributed by atoms with Gasteiger partial charge in [0.1, 0.15) is 6.61 Å². The normalized spacial score (nSPS) is 17.4. The molecular formula is C21H21ClN2O3. The third kappa shape index (κ3) is 3.52. The number of halogens is 1. The predicted octanol–water partition coefficient (Wildman–Crippen LogP) is 4.19. The van der Waals surface area contributed by atoms with Gasteiger partial charge in [0.25, 0.3) is 5.91 Å². The Hall–Kier alpha value is -2.53. The third-order valence-corrected chi connectivity index (χ3v) is 5.55. The van der Waals surface area contributed by atoms with Gasteiger partial charge in [-0.05, 0) is 36.6 Å². The molecule has 2 amide bonds. The summed E-state index contributed by atoms with van der Waals surface area (Å²) >= 11 is 5.88. The molecule has 4 rings (SSSR count). The van der Waals surface area contributed by atoms with E-state index in [2.05, 4.69) is 0 Å². The van der Waals surface area contributed by atoms with Gasteiger partial charge in [-0.15, -0.1) is 11.6 Å². The lowest BCUT2D eigenvalue weighted by Crippen LogP contribution is -2.50. The van der Waals surface area contributed by atoms with Gasteiger partial charge in [0.2, 0.25) is 0 Å². The molecule has 0 aliphatic carbocycles. The van der Waals surface area contributed by atoms with E-state index in [4.69, 9.17) is 16.3 Å². The Bertz CT molecular complexity index is 862. The van der Waals surface area contributed by atoms with Crippen LogP contribution in [0.4, 0.5) is 10.5 Å². The standard InChI is InChI=1S/C21H21ClN2O3/c22-13-15-4-3-6-16(12-15)20(25)23-10-8-18(9-11-23)24-19-7-2-1-5-17(19)14-27-21(24)26/h1-7,12,18H,8-11,13-14H2. The van der Waals surface area contributed by atoms with Crippen LogP contribution in [0.15, 0.2) is 48.5 Å². The first-order valence-corrected chi connectivity index (χ1v) is 9.69. The second-order valence-corrected chi connectivity index (χ2v) is 7.18. The summed E-state index contributed by atoms with van der Waals surface area (Å²) in [5.41, 5.74) is 3.54. The molecule has 0 atom stereocenters. The van der Waals surface area contributed by atoms with Gasteiger partial charge in [0.15, 0.2) is 0 Å². The van der Waals surface area contributed by atoms with E-state index in [1.54, 1.807) is 4.90 Å². The molecule has 0 unspecified atom stereocenters. The Morgan fingerprint density at radius 3 is 2.67 bits per heavy atom. The number of hydrogen-bond acceptors (Lipinski definition) is 3. The summed E-state index contributed by atoms with van der Waals surface area (Å²) < 4.78 is 5.33. The molecule has 1 saturated heterocycles. The van der Waals surface area contributed by atoms with Gasteiger partial charge in [-0.1, -0.05) is 30.3 Å². The summed E-state index contributed by atoms with van der Waals surface area (Å²) in [6.07, 6.45) is 1.16. The number of ether oxygens (including phenoxy) is 1. The average Bonchev–Trinajstić information content (AvgIpc) is 2.73. The lowest BCUT2D eigenvalue weighted by molar-refractivity contribution is 0.0708. The third-order valence-electron chi connectivity index (χ3n) is 5.24. The van der Waals surface area contributed by atoms with Crippen molar-refractivity contribution in [2.45, 2.75) is 31.4 Å². The van der Waals surface area contributed by atoms with Gasteiger partial charge in [0, 0.05) is 36.1 Å². The lowest BCUT2D eigenvalue weighted by Gasteiger charge is -2.40. The van der Waals surface area contributed by atoms with Gasteiger partial charge in [0.05, 0.1) is 5.69 Å². The van der Waals surface area contributed by atoms with Gasteiger partial charge in [-0.2, -0.15) is 0 Å². The second kappa shape index (κ2) is 7.61. The van der Waals surface area contributed by atoms with Gasteiger partial charge < -0.3 is 9.64 Å². The molecule has 0 saturated carbocycles. The SMILES string of the molecule is O=C(c1cccc(CCl)c1)N1CCC(N2C(=O)OCc3ccccc32)CC1. The van der Waals surface area contributed by atoms with Crippen molar-refractivity contribution < 1.29 is 14.3 Å². The molecule has 0 radical (unpaired) electrons. The molecule has 5 nitrogen and oxygen atoms in total. The molecule has 0 aromatic heterocycles. The van der Waals surface area contributed by atoms with Crippen LogP contribution < -0.4 is 4.90 Å². The Morgan fingerprint density at radius 1 is 1.11 bits per heavy atom. The van der Waals surface area contributed by atoms with Crippen LogP contribution in [-0.2, 0) is 17.2 Å². The number of anilines is 1. The molecule has 0 N–H and O–H groups in total. The highest BCUT2D eigenvalue weighted by molar-refractivity contribution is 6.17. The predicted molar refractivity (Wildman–Crippen MR) is 104 cm³/mol. The molecular weight excluding hydrogens is 364 g/mol. The zero-order valence-electron chi connectivity index (χ0n) is 14.9. The van der Waals surface area contributed by atoms with Crippen molar-refractivity contribution in [3.8, 4) is 0 Å². The van der Waals surface area contributed by atoms with Crippen LogP contribution in [0.5, 0.6) is 0 Å². The van der Waals surface area contributed by atoms with Crippen molar-refractivity contribution in [2.24, 2.45) is 0 Å². The molecule has 0 spiro atoms. The van der Waals surface area contributed by atoms with E-state index >= 15 is 0 Å². The van der Waals surface area contributed by atoms with E-state index in [0.29, 0.717) is 31.1 Å². The second-order valence-electron chi connectivity index (χ2n) is 6.91. The van der Waals surface area contributed by atoms with Crippen molar-refractivity contribution >= 4 is 29.3 Å². The summed E-state index contributed by atoms with van der Waals surface area (Å²) in [5.74, 6) is 0.404. The lowest BCUT2D eigenvalue weighted by atomic mass is 10.00. The maximum atomic E-state index is 12.8. The van der Waals surface area contributed by atoms with Crippen molar-refractivity contribution in [2.75, 3.05) is 18.0 Å². The van der Waals surface area contributed by atoms with Crippen molar-refractivity contribution in [3.63, 3.8) is 0 Å². The highest BCUT2D eigenvalue weighted by Crippen LogP contribution is 2.32. The molecule has 2 aromatic rings. The number of alkyl halides is 1. The van der Waals surface area contributed by atoms with Crippen LogP contribution in [0.3, 0.4) is 0 Å². The summed E-state index contributed by atoms with van der Waals surface area (Å²) in [6, 6.07) is 15.3. The number of para-hydroxylation sites is 1. The van der Waals surface area contributed by atoms with E-state index in [-0.39, 0.29) is 18.0 Å². The van der Waals surface area contributed by atoms with E-state index in [9.17, 15) is 9.59 Å². The Balaban J connectivity index is 1.46. The Labute approximate surface area is 163 Å². The Kier molecular flexibility index (Phi) is 5.03. The number of piperidine rings is 1. The zero-order chi connectivity index (χ0) is 18.8. The molecule has 2 heterocycles. The number of carbonyl (C=O) groups is 2. The summed E-state index contributed by atoms with van der Waals surface area (Å²) in [7, 11) is 0. The number of rotatable bonds is 3. The highest BCUT2D eigenvalue weighted by Gasteiger charge is 2.35. The smallest absolute Gasteiger partial charge is 0.414 e. The zero-order valence-corrected chi connectivity index (χ0v) is 15.7. The minimum absolute atomic E-state index is 0.0158. The summed E-state index contributed by atoms with van der Waals surface area (Å²) in [5, 5.41) is 0. The van der Waals surface area contributed by atoms with Crippen molar-refractivity contribution in [1.29, 1.82) is 0 Å². The minimum atomic E-state index is -0.298. The van der Waals surface area contributed by atoms with Crippen LogP contribution in [0.2, 0.25) is 0 Å². The minimum Gasteiger partial charge on any atom is -0.444 e. The molecule has 6 heteroatoms. The molecule has 140 valence electrons. The van der Waals surface area contributed by atoms with Crippen molar-refractivity contribution in [3.05, 3.63) is 65.2 Å². The van der Waals surface area contributed by atoms with Gasteiger partial charge >= 0.3 is 6.09 Å². The summed E-state index contributed by atoms with van der Waals surface area (Å²) in [6.45, 7) is 1.54. The van der Waals surface area contributed by atoms with Crippen LogP contribution in [-0.4, -0.2) is 36.0 Å². The molecule has 0 bridgehead atoms. The van der Waals surface area contributed by atoms with Crippen LogP contribution in [0.25, 0.3) is 0 Å². The first kappa shape index (κ1) is 17.9. The first-order valence-electron chi connectivity index (χ1n) is 9.15. The van der Waals surface area contributed by atoms with Crippen LogP contribution in [0.1, 0.15) is 34.3 Å². The molecule has 1 fully saturated rings. The number of amides is 2. The number of fused-ring (bicyclic) bond motifs is 1. The van der Waals surface area contributed by atoms with Crippen LogP contribution >= 0.6 is 11.6 Å². The summed E-state index contributed by atoms with van der Waals surface area (Å²) in [4.78, 5) is 28.8. The maximum absolute atomic E-state index is 12.8. The van der Waals surface area contributed by atoms with E-state index in [1.807, 2.05) is 53.4 Å². The van der Waals surface area contributed by atoms with Gasteiger partial charge in [-0.25, -0.2) is 4.79 Å². The van der Waals surface area contributed by atoms with Crippen LogP contribution in [0, 0.1) is 0 Å². The fourth-order valence-corrected chi connectivity index (χ4v) is 3.98. The maximum Gasteiger partial charge on any atom is 0.414 e. The molecule has 2 aliphatic rings. The number of cyclic esters (lactones) is 1. The quantitative estimate of drug-likeness (QED) is 0.745. The van der Waals surface area contributed by atoms with E-state index in [1.165, 1.54) is 0 Å². The topological polar surface area (TPSA) is 49.9 Å². The Morgan fingerprint density at radius 2 is 1.89 bits per heavy atom.